The number of benzene rings is 2. The highest BCUT2D eigenvalue weighted by Crippen LogP contribution is 2.37. The van der Waals surface area contributed by atoms with Gasteiger partial charge in [-0.25, -0.2) is 0 Å². The van der Waals surface area contributed by atoms with Gasteiger partial charge in [-0.2, -0.15) is 0 Å². The Morgan fingerprint density at radius 3 is 2.54 bits per heavy atom. The first-order valence-corrected chi connectivity index (χ1v) is 8.78. The molecule has 0 spiro atoms. The van der Waals surface area contributed by atoms with Crippen LogP contribution in [0.5, 0.6) is 0 Å². The molecule has 1 aromatic heterocycles. The molecule has 4 heteroatoms. The van der Waals surface area contributed by atoms with Crippen LogP contribution in [0, 0.1) is 0 Å². The van der Waals surface area contributed by atoms with Crippen LogP contribution in [0.4, 0.5) is 0 Å². The van der Waals surface area contributed by atoms with E-state index in [4.69, 9.17) is 11.6 Å². The molecule has 2 N–H and O–H groups in total. The number of likely N-dealkylation sites (tertiary alicyclic amines) is 1. The van der Waals surface area contributed by atoms with E-state index in [1.165, 1.54) is 16.5 Å². The second kappa shape index (κ2) is 6.25. The molecule has 0 bridgehead atoms. The average Bonchev–Trinajstić information content (AvgIpc) is 3.01. The van der Waals surface area contributed by atoms with Crippen molar-refractivity contribution < 1.29 is 5.11 Å². The summed E-state index contributed by atoms with van der Waals surface area (Å²) < 4.78 is 0. The molecule has 4 rings (SSSR count). The van der Waals surface area contributed by atoms with Gasteiger partial charge in [0.15, 0.2) is 0 Å². The number of para-hydroxylation sites is 1. The molecule has 2 heterocycles. The second-order valence-electron chi connectivity index (χ2n) is 6.65. The van der Waals surface area contributed by atoms with Crippen molar-refractivity contribution in [2.45, 2.75) is 25.0 Å². The van der Waals surface area contributed by atoms with Crippen LogP contribution in [0.3, 0.4) is 0 Å². The molecule has 124 valence electrons. The van der Waals surface area contributed by atoms with Crippen molar-refractivity contribution in [1.82, 2.24) is 9.88 Å². The Balaban J connectivity index is 1.47. The molecule has 0 saturated carbocycles. The molecule has 0 atom stereocenters. The van der Waals surface area contributed by atoms with Crippen molar-refractivity contribution in [3.05, 3.63) is 70.9 Å². The van der Waals surface area contributed by atoms with Gasteiger partial charge in [0, 0.05) is 47.3 Å². The molecule has 0 unspecified atom stereocenters. The van der Waals surface area contributed by atoms with Gasteiger partial charge >= 0.3 is 0 Å². The molecular formula is C20H21ClN2O. The molecule has 3 nitrogen and oxygen atoms in total. The number of aliphatic hydroxyl groups is 1. The van der Waals surface area contributed by atoms with E-state index in [2.05, 4.69) is 34.3 Å². The minimum atomic E-state index is -0.810. The van der Waals surface area contributed by atoms with Crippen LogP contribution in [0.2, 0.25) is 5.02 Å². The van der Waals surface area contributed by atoms with Gasteiger partial charge in [-0.1, -0.05) is 48.0 Å². The predicted molar refractivity (Wildman–Crippen MR) is 98.2 cm³/mol. The number of piperidine rings is 1. The fraction of sp³-hybridized carbons (Fsp3) is 0.300. The average molecular weight is 341 g/mol. The van der Waals surface area contributed by atoms with Crippen LogP contribution >= 0.6 is 11.6 Å². The van der Waals surface area contributed by atoms with Crippen LogP contribution < -0.4 is 0 Å². The zero-order valence-electron chi connectivity index (χ0n) is 13.5. The Kier molecular flexibility index (Phi) is 4.09. The number of halogens is 1. The lowest BCUT2D eigenvalue weighted by Gasteiger charge is -2.38. The lowest BCUT2D eigenvalue weighted by molar-refractivity contribution is -0.0275. The monoisotopic (exact) mass is 340 g/mol. The van der Waals surface area contributed by atoms with Gasteiger partial charge in [0.1, 0.15) is 0 Å². The zero-order chi connectivity index (χ0) is 16.6. The number of aromatic nitrogens is 1. The number of fused-ring (bicyclic) bond motifs is 1. The van der Waals surface area contributed by atoms with Gasteiger partial charge in [0.25, 0.3) is 0 Å². The van der Waals surface area contributed by atoms with Crippen molar-refractivity contribution in [1.29, 1.82) is 0 Å². The number of hydrogen-bond donors (Lipinski definition) is 2. The first kappa shape index (κ1) is 15.7. The maximum absolute atomic E-state index is 11.0. The molecule has 0 radical (unpaired) electrons. The van der Waals surface area contributed by atoms with E-state index in [-0.39, 0.29) is 0 Å². The molecule has 0 aliphatic carbocycles. The Bertz CT molecular complexity index is 849. The molecule has 3 aromatic rings. The molecular weight excluding hydrogens is 320 g/mol. The second-order valence-corrected chi connectivity index (χ2v) is 7.05. The molecule has 1 saturated heterocycles. The van der Waals surface area contributed by atoms with Crippen molar-refractivity contribution in [2.75, 3.05) is 13.1 Å². The molecule has 2 aromatic carbocycles. The van der Waals surface area contributed by atoms with Crippen molar-refractivity contribution >= 4 is 22.5 Å². The number of nitrogens with zero attached hydrogens (tertiary/aromatic N) is 1. The van der Waals surface area contributed by atoms with Gasteiger partial charge in [0.2, 0.25) is 0 Å². The number of hydrogen-bond acceptors (Lipinski definition) is 2. The fourth-order valence-corrected chi connectivity index (χ4v) is 4.00. The SMILES string of the molecule is OC1(c2ccccc2Cl)CCN(Cc2c[nH]c3ccccc23)CC1. The van der Waals surface area contributed by atoms with Gasteiger partial charge in [-0.05, 0) is 30.5 Å². The van der Waals surface area contributed by atoms with E-state index < -0.39 is 5.60 Å². The van der Waals surface area contributed by atoms with E-state index in [1.807, 2.05) is 30.3 Å². The summed E-state index contributed by atoms with van der Waals surface area (Å²) in [5.74, 6) is 0. The molecule has 1 aliphatic heterocycles. The first-order chi connectivity index (χ1) is 11.7. The van der Waals surface area contributed by atoms with Gasteiger partial charge < -0.3 is 10.1 Å². The van der Waals surface area contributed by atoms with Crippen LogP contribution in [-0.2, 0) is 12.1 Å². The molecule has 0 amide bonds. The summed E-state index contributed by atoms with van der Waals surface area (Å²) in [5, 5.41) is 13.0. The number of nitrogens with one attached hydrogen (secondary N) is 1. The largest absolute Gasteiger partial charge is 0.385 e. The Hall–Kier alpha value is -1.81. The summed E-state index contributed by atoms with van der Waals surface area (Å²) in [6.45, 7) is 2.63. The van der Waals surface area contributed by atoms with Crippen LogP contribution in [0.25, 0.3) is 10.9 Å². The number of rotatable bonds is 3. The summed E-state index contributed by atoms with van der Waals surface area (Å²) in [6, 6.07) is 16.0. The van der Waals surface area contributed by atoms with Crippen LogP contribution in [0.1, 0.15) is 24.0 Å². The summed E-state index contributed by atoms with van der Waals surface area (Å²) in [4.78, 5) is 5.74. The minimum absolute atomic E-state index is 0.657. The highest BCUT2D eigenvalue weighted by Gasteiger charge is 2.35. The van der Waals surface area contributed by atoms with E-state index in [9.17, 15) is 5.11 Å². The summed E-state index contributed by atoms with van der Waals surface area (Å²) in [7, 11) is 0. The van der Waals surface area contributed by atoms with E-state index in [1.54, 1.807) is 0 Å². The van der Waals surface area contributed by atoms with E-state index in [0.717, 1.165) is 25.2 Å². The third-order valence-electron chi connectivity index (χ3n) is 5.13. The molecule has 1 fully saturated rings. The summed E-state index contributed by atoms with van der Waals surface area (Å²) >= 11 is 6.29. The third kappa shape index (κ3) is 2.84. The Labute approximate surface area is 146 Å². The molecule has 1 aliphatic rings. The van der Waals surface area contributed by atoms with Gasteiger partial charge in [-0.3, -0.25) is 4.90 Å². The Morgan fingerprint density at radius 2 is 1.75 bits per heavy atom. The summed E-state index contributed by atoms with van der Waals surface area (Å²) in [6.07, 6.45) is 3.51. The van der Waals surface area contributed by atoms with Crippen LogP contribution in [0.15, 0.2) is 54.7 Å². The van der Waals surface area contributed by atoms with Gasteiger partial charge in [0.05, 0.1) is 5.60 Å². The lowest BCUT2D eigenvalue weighted by atomic mass is 9.84. The predicted octanol–water partition coefficient (Wildman–Crippen LogP) is 4.30. The maximum atomic E-state index is 11.0. The number of H-pyrrole nitrogens is 1. The lowest BCUT2D eigenvalue weighted by Crippen LogP contribution is -2.42. The minimum Gasteiger partial charge on any atom is -0.385 e. The zero-order valence-corrected chi connectivity index (χ0v) is 14.3. The third-order valence-corrected chi connectivity index (χ3v) is 5.46. The topological polar surface area (TPSA) is 39.3 Å². The van der Waals surface area contributed by atoms with Gasteiger partial charge in [-0.15, -0.1) is 0 Å². The van der Waals surface area contributed by atoms with Crippen LogP contribution in [-0.4, -0.2) is 28.1 Å². The Morgan fingerprint density at radius 1 is 1.04 bits per heavy atom. The highest BCUT2D eigenvalue weighted by molar-refractivity contribution is 6.31. The molecule has 24 heavy (non-hydrogen) atoms. The van der Waals surface area contributed by atoms with E-state index in [0.29, 0.717) is 17.9 Å². The smallest absolute Gasteiger partial charge is 0.0935 e. The quantitative estimate of drug-likeness (QED) is 0.746. The van der Waals surface area contributed by atoms with E-state index >= 15 is 0 Å². The maximum Gasteiger partial charge on any atom is 0.0935 e. The van der Waals surface area contributed by atoms with Crippen molar-refractivity contribution in [3.63, 3.8) is 0 Å². The van der Waals surface area contributed by atoms with Crippen molar-refractivity contribution in [3.8, 4) is 0 Å². The highest BCUT2D eigenvalue weighted by atomic mass is 35.5. The standard InChI is InChI=1S/C20H21ClN2O/c21-18-7-3-2-6-17(18)20(24)9-11-23(12-10-20)14-15-13-22-19-8-4-1-5-16(15)19/h1-8,13,22,24H,9-12,14H2. The fourth-order valence-electron chi connectivity index (χ4n) is 3.69. The summed E-state index contributed by atoms with van der Waals surface area (Å²) in [5.41, 5.74) is 2.54. The normalized spacial score (nSPS) is 18.1. The number of aromatic amines is 1. The van der Waals surface area contributed by atoms with Crippen molar-refractivity contribution in [2.24, 2.45) is 0 Å². The first-order valence-electron chi connectivity index (χ1n) is 8.40.